The Morgan fingerprint density at radius 2 is 1.83 bits per heavy atom. The van der Waals surface area contributed by atoms with Crippen LogP contribution in [0.4, 0.5) is 0 Å². The van der Waals surface area contributed by atoms with Crippen molar-refractivity contribution in [2.45, 2.75) is 13.5 Å². The van der Waals surface area contributed by atoms with E-state index in [2.05, 4.69) is 23.3 Å². The van der Waals surface area contributed by atoms with E-state index in [1.54, 1.807) is 14.2 Å². The number of hydrogen-bond donors (Lipinski definition) is 1. The van der Waals surface area contributed by atoms with Gasteiger partial charge in [0.2, 0.25) is 0 Å². The van der Waals surface area contributed by atoms with Gasteiger partial charge in [0.1, 0.15) is 11.5 Å². The van der Waals surface area contributed by atoms with Gasteiger partial charge in [0.15, 0.2) is 0 Å². The fourth-order valence-corrected chi connectivity index (χ4v) is 1.91. The van der Waals surface area contributed by atoms with E-state index in [0.717, 1.165) is 42.3 Å². The summed E-state index contributed by atoms with van der Waals surface area (Å²) >= 11 is 0. The lowest BCUT2D eigenvalue weighted by molar-refractivity contribution is 0.317. The minimum atomic E-state index is 0.849. The summed E-state index contributed by atoms with van der Waals surface area (Å²) in [6.45, 7) is 4.84. The standard InChI is InChI=1S/C14H24N2O2/c1-11-8-14(18-5)12(9-13(11)17-4)10-16(3)7-6-15-2/h8-9,15H,6-7,10H2,1-5H3. The molecule has 0 bridgehead atoms. The smallest absolute Gasteiger partial charge is 0.123 e. The maximum absolute atomic E-state index is 5.43. The molecule has 0 atom stereocenters. The summed E-state index contributed by atoms with van der Waals surface area (Å²) in [6.07, 6.45) is 0. The van der Waals surface area contributed by atoms with Crippen LogP contribution in [0.5, 0.6) is 11.5 Å². The molecule has 0 heterocycles. The van der Waals surface area contributed by atoms with E-state index in [9.17, 15) is 0 Å². The SMILES string of the molecule is CNCCN(C)Cc1cc(OC)c(C)cc1OC. The highest BCUT2D eigenvalue weighted by molar-refractivity contribution is 5.45. The normalized spacial score (nSPS) is 10.8. The maximum atomic E-state index is 5.43. The molecule has 1 aromatic rings. The molecule has 0 aliphatic carbocycles. The van der Waals surface area contributed by atoms with Crippen LogP contribution in [0.2, 0.25) is 0 Å². The molecule has 4 nitrogen and oxygen atoms in total. The second kappa shape index (κ2) is 7.24. The van der Waals surface area contributed by atoms with Crippen LogP contribution in [0.3, 0.4) is 0 Å². The molecule has 0 saturated heterocycles. The zero-order valence-electron chi connectivity index (χ0n) is 12.0. The van der Waals surface area contributed by atoms with Gasteiger partial charge in [-0.05, 0) is 38.7 Å². The highest BCUT2D eigenvalue weighted by atomic mass is 16.5. The lowest BCUT2D eigenvalue weighted by Gasteiger charge is -2.19. The summed E-state index contributed by atoms with van der Waals surface area (Å²) in [5, 5.41) is 3.15. The predicted octanol–water partition coefficient (Wildman–Crippen LogP) is 1.66. The fraction of sp³-hybridized carbons (Fsp3) is 0.571. The lowest BCUT2D eigenvalue weighted by Crippen LogP contribution is -2.27. The molecule has 0 aromatic heterocycles. The minimum Gasteiger partial charge on any atom is -0.496 e. The number of likely N-dealkylation sites (N-methyl/N-ethyl adjacent to an activating group) is 2. The molecular weight excluding hydrogens is 228 g/mol. The van der Waals surface area contributed by atoms with E-state index in [0.29, 0.717) is 0 Å². The Hall–Kier alpha value is -1.26. The average molecular weight is 252 g/mol. The van der Waals surface area contributed by atoms with Crippen molar-refractivity contribution in [3.8, 4) is 11.5 Å². The summed E-state index contributed by atoms with van der Waals surface area (Å²) in [6, 6.07) is 4.09. The van der Waals surface area contributed by atoms with Crippen molar-refractivity contribution < 1.29 is 9.47 Å². The quantitative estimate of drug-likeness (QED) is 0.800. The zero-order valence-corrected chi connectivity index (χ0v) is 12.0. The van der Waals surface area contributed by atoms with Gasteiger partial charge < -0.3 is 19.7 Å². The molecule has 0 spiro atoms. The number of aryl methyl sites for hydroxylation is 1. The lowest BCUT2D eigenvalue weighted by atomic mass is 10.1. The van der Waals surface area contributed by atoms with E-state index < -0.39 is 0 Å². The molecule has 1 aromatic carbocycles. The van der Waals surface area contributed by atoms with Crippen molar-refractivity contribution in [1.82, 2.24) is 10.2 Å². The van der Waals surface area contributed by atoms with Gasteiger partial charge in [0, 0.05) is 25.2 Å². The Labute approximate surface area is 110 Å². The highest BCUT2D eigenvalue weighted by Gasteiger charge is 2.10. The first-order valence-electron chi connectivity index (χ1n) is 6.17. The Morgan fingerprint density at radius 3 is 2.39 bits per heavy atom. The number of hydrogen-bond acceptors (Lipinski definition) is 4. The van der Waals surface area contributed by atoms with Crippen LogP contribution < -0.4 is 14.8 Å². The van der Waals surface area contributed by atoms with Crippen LogP contribution >= 0.6 is 0 Å². The van der Waals surface area contributed by atoms with E-state index in [1.165, 1.54) is 0 Å². The molecular formula is C14H24N2O2. The third kappa shape index (κ3) is 3.89. The molecule has 0 unspecified atom stereocenters. The summed E-state index contributed by atoms with van der Waals surface area (Å²) < 4.78 is 10.8. The van der Waals surface area contributed by atoms with Gasteiger partial charge in [-0.2, -0.15) is 0 Å². The first kappa shape index (κ1) is 14.8. The first-order valence-corrected chi connectivity index (χ1v) is 6.17. The maximum Gasteiger partial charge on any atom is 0.123 e. The summed E-state index contributed by atoms with van der Waals surface area (Å²) in [4.78, 5) is 2.25. The van der Waals surface area contributed by atoms with E-state index in [4.69, 9.17) is 9.47 Å². The van der Waals surface area contributed by atoms with E-state index in [1.807, 2.05) is 20.0 Å². The number of benzene rings is 1. The van der Waals surface area contributed by atoms with Gasteiger partial charge >= 0.3 is 0 Å². The third-order valence-electron chi connectivity index (χ3n) is 2.98. The van der Waals surface area contributed by atoms with Crippen molar-refractivity contribution >= 4 is 0 Å². The number of nitrogens with one attached hydrogen (secondary N) is 1. The molecule has 18 heavy (non-hydrogen) atoms. The second-order valence-electron chi connectivity index (χ2n) is 4.48. The molecule has 0 fully saturated rings. The molecule has 1 N–H and O–H groups in total. The predicted molar refractivity (Wildman–Crippen MR) is 74.5 cm³/mol. The number of ether oxygens (including phenoxy) is 2. The van der Waals surface area contributed by atoms with Gasteiger partial charge in [-0.25, -0.2) is 0 Å². The van der Waals surface area contributed by atoms with E-state index in [-0.39, 0.29) is 0 Å². The van der Waals surface area contributed by atoms with Crippen LogP contribution in [0, 0.1) is 6.92 Å². The first-order chi connectivity index (χ1) is 8.62. The van der Waals surface area contributed by atoms with Crippen LogP contribution in [0.1, 0.15) is 11.1 Å². The molecule has 1 rings (SSSR count). The zero-order chi connectivity index (χ0) is 13.5. The van der Waals surface area contributed by atoms with Crippen molar-refractivity contribution in [3.63, 3.8) is 0 Å². The van der Waals surface area contributed by atoms with Gasteiger partial charge in [-0.3, -0.25) is 0 Å². The second-order valence-corrected chi connectivity index (χ2v) is 4.48. The number of methoxy groups -OCH3 is 2. The molecule has 0 aliphatic heterocycles. The fourth-order valence-electron chi connectivity index (χ4n) is 1.91. The number of nitrogens with zero attached hydrogens (tertiary/aromatic N) is 1. The molecule has 0 aliphatic rings. The molecule has 0 saturated carbocycles. The average Bonchev–Trinajstić information content (AvgIpc) is 2.37. The largest absolute Gasteiger partial charge is 0.496 e. The monoisotopic (exact) mass is 252 g/mol. The molecule has 0 radical (unpaired) electrons. The van der Waals surface area contributed by atoms with Crippen LogP contribution in [-0.4, -0.2) is 46.3 Å². The molecule has 4 heteroatoms. The number of rotatable bonds is 7. The van der Waals surface area contributed by atoms with Crippen LogP contribution in [0.15, 0.2) is 12.1 Å². The topological polar surface area (TPSA) is 33.7 Å². The molecule has 102 valence electrons. The highest BCUT2D eigenvalue weighted by Crippen LogP contribution is 2.28. The van der Waals surface area contributed by atoms with Crippen LogP contribution in [0.25, 0.3) is 0 Å². The summed E-state index contributed by atoms with van der Waals surface area (Å²) in [5.74, 6) is 1.83. The summed E-state index contributed by atoms with van der Waals surface area (Å²) in [7, 11) is 7.47. The van der Waals surface area contributed by atoms with Crippen molar-refractivity contribution in [3.05, 3.63) is 23.3 Å². The van der Waals surface area contributed by atoms with Gasteiger partial charge in [0.25, 0.3) is 0 Å². The Balaban J connectivity index is 2.85. The van der Waals surface area contributed by atoms with Crippen molar-refractivity contribution in [2.75, 3.05) is 41.4 Å². The van der Waals surface area contributed by atoms with Crippen LogP contribution in [-0.2, 0) is 6.54 Å². The van der Waals surface area contributed by atoms with Gasteiger partial charge in [-0.15, -0.1) is 0 Å². The van der Waals surface area contributed by atoms with Crippen molar-refractivity contribution in [2.24, 2.45) is 0 Å². The summed E-state index contributed by atoms with van der Waals surface area (Å²) in [5.41, 5.74) is 2.24. The van der Waals surface area contributed by atoms with Crippen molar-refractivity contribution in [1.29, 1.82) is 0 Å². The van der Waals surface area contributed by atoms with Gasteiger partial charge in [0.05, 0.1) is 14.2 Å². The Bertz CT molecular complexity index is 380. The Kier molecular flexibility index (Phi) is 5.95. The third-order valence-corrected chi connectivity index (χ3v) is 2.98. The molecule has 0 amide bonds. The Morgan fingerprint density at radius 1 is 1.17 bits per heavy atom. The minimum absolute atomic E-state index is 0.849. The van der Waals surface area contributed by atoms with E-state index >= 15 is 0 Å². The van der Waals surface area contributed by atoms with Gasteiger partial charge in [-0.1, -0.05) is 0 Å².